The maximum absolute atomic E-state index is 2.40. The molecule has 2 fully saturated rings. The quantitative estimate of drug-likeness (QED) is 0.323. The summed E-state index contributed by atoms with van der Waals surface area (Å²) in [7, 11) is 4.40. The molecule has 2 aromatic heterocycles. The first-order chi connectivity index (χ1) is 14.7. The van der Waals surface area contributed by atoms with Crippen molar-refractivity contribution in [3.8, 4) is 30.6 Å². The minimum atomic E-state index is 0.581. The van der Waals surface area contributed by atoms with E-state index in [0.29, 0.717) is 12.1 Å². The molecule has 2 nitrogen and oxygen atoms in total. The topological polar surface area (TPSA) is 6.02 Å². The van der Waals surface area contributed by atoms with Gasteiger partial charge in [-0.1, -0.05) is 48.5 Å². The van der Waals surface area contributed by atoms with Gasteiger partial charge in [0.25, 0.3) is 0 Å². The van der Waals surface area contributed by atoms with Crippen molar-refractivity contribution in [2.75, 3.05) is 27.2 Å². The van der Waals surface area contributed by atoms with Crippen LogP contribution in [0.25, 0.3) is 30.6 Å². The Morgan fingerprint density at radius 2 is 0.933 bits per heavy atom. The zero-order valence-electron chi connectivity index (χ0n) is 17.2. The van der Waals surface area contributed by atoms with E-state index in [-0.39, 0.29) is 0 Å². The molecule has 4 heteroatoms. The summed E-state index contributed by atoms with van der Waals surface area (Å²) in [4.78, 5) is 10.3. The lowest BCUT2D eigenvalue weighted by molar-refractivity contribution is 0.632. The molecule has 0 radical (unpaired) electrons. The summed E-state index contributed by atoms with van der Waals surface area (Å²) in [5.74, 6) is 0. The number of hydrogen-bond donors (Lipinski definition) is 0. The van der Waals surface area contributed by atoms with E-state index >= 15 is 0 Å². The van der Waals surface area contributed by atoms with Gasteiger partial charge in [-0.15, -0.1) is 22.7 Å². The molecule has 150 valence electrons. The molecule has 6 rings (SSSR count). The molecule has 4 atom stereocenters. The van der Waals surface area contributed by atoms with Gasteiger partial charge in [-0.2, -0.15) is 0 Å². The van der Waals surface area contributed by atoms with Crippen molar-refractivity contribution in [1.82, 2.24) is 9.80 Å². The largest absolute Gasteiger partial charge is 0.296 e. The van der Waals surface area contributed by atoms with Crippen LogP contribution in [0.3, 0.4) is 0 Å². The van der Waals surface area contributed by atoms with Gasteiger partial charge >= 0.3 is 0 Å². The van der Waals surface area contributed by atoms with Crippen LogP contribution < -0.4 is 0 Å². The van der Waals surface area contributed by atoms with Gasteiger partial charge in [0.1, 0.15) is 0 Å². The predicted molar refractivity (Wildman–Crippen MR) is 129 cm³/mol. The lowest BCUT2D eigenvalue weighted by atomic mass is 10.0. The number of nitrogens with zero attached hydrogens (tertiary/aromatic N) is 2. The maximum Gasteiger partial charge on any atom is 0.0479 e. The van der Waals surface area contributed by atoms with Crippen LogP contribution in [0.15, 0.2) is 72.8 Å². The molecule has 4 heterocycles. The van der Waals surface area contributed by atoms with E-state index in [1.54, 1.807) is 0 Å². The normalized spacial score (nSPS) is 24.7. The van der Waals surface area contributed by atoms with Gasteiger partial charge in [0.2, 0.25) is 0 Å². The second kappa shape index (κ2) is 7.17. The van der Waals surface area contributed by atoms with Crippen molar-refractivity contribution in [3.63, 3.8) is 0 Å². The van der Waals surface area contributed by atoms with Crippen LogP contribution in [0.4, 0.5) is 0 Å². The van der Waals surface area contributed by atoms with E-state index in [9.17, 15) is 0 Å². The summed E-state index contributed by atoms with van der Waals surface area (Å²) >= 11 is 3.83. The van der Waals surface area contributed by atoms with Crippen LogP contribution in [-0.2, 0) is 0 Å². The molecule has 0 aliphatic carbocycles. The monoisotopic (exact) mass is 428 g/mol. The molecule has 30 heavy (non-hydrogen) atoms. The zero-order chi connectivity index (χ0) is 20.2. The van der Waals surface area contributed by atoms with Crippen LogP contribution in [0, 0.1) is 0 Å². The van der Waals surface area contributed by atoms with Crippen molar-refractivity contribution >= 4 is 22.7 Å². The molecule has 0 spiro atoms. The highest BCUT2D eigenvalue weighted by molar-refractivity contribution is 7.25. The first-order valence-electron chi connectivity index (χ1n) is 10.5. The Hall–Kier alpha value is -2.24. The van der Waals surface area contributed by atoms with Crippen molar-refractivity contribution in [2.45, 2.75) is 12.1 Å². The van der Waals surface area contributed by atoms with Gasteiger partial charge in [-0.05, 0) is 60.6 Å². The summed E-state index contributed by atoms with van der Waals surface area (Å²) in [5, 5.41) is 0. The Labute approximate surface area is 186 Å². The fraction of sp³-hybridized carbons (Fsp3) is 0.231. The number of benzene rings is 2. The third-order valence-electron chi connectivity index (χ3n) is 6.34. The van der Waals surface area contributed by atoms with E-state index in [1.807, 2.05) is 22.7 Å². The smallest absolute Gasteiger partial charge is 0.0479 e. The van der Waals surface area contributed by atoms with Gasteiger partial charge < -0.3 is 0 Å². The van der Waals surface area contributed by atoms with Gasteiger partial charge in [0.05, 0.1) is 0 Å². The molecular formula is C26H24N2S2. The second-order valence-electron chi connectivity index (χ2n) is 8.41. The highest BCUT2D eigenvalue weighted by atomic mass is 32.1. The molecule has 0 amide bonds. The Balaban J connectivity index is 1.32. The Kier molecular flexibility index (Phi) is 4.43. The van der Waals surface area contributed by atoms with Gasteiger partial charge in [0, 0.05) is 44.7 Å². The third-order valence-corrected chi connectivity index (χ3v) is 8.78. The molecule has 2 saturated heterocycles. The molecule has 2 aliphatic rings. The molecule has 4 unspecified atom stereocenters. The Morgan fingerprint density at radius 3 is 1.33 bits per heavy atom. The average molecular weight is 429 g/mol. The van der Waals surface area contributed by atoms with Crippen molar-refractivity contribution in [2.24, 2.45) is 0 Å². The van der Waals surface area contributed by atoms with Crippen molar-refractivity contribution in [1.29, 1.82) is 0 Å². The minimum absolute atomic E-state index is 0.581. The van der Waals surface area contributed by atoms with E-state index in [0.717, 1.165) is 0 Å². The minimum Gasteiger partial charge on any atom is -0.296 e. The van der Waals surface area contributed by atoms with E-state index in [4.69, 9.17) is 0 Å². The highest BCUT2D eigenvalue weighted by Gasteiger charge is 2.34. The average Bonchev–Trinajstić information content (AvgIpc) is 3.51. The lowest BCUT2D eigenvalue weighted by Crippen LogP contribution is -1.90. The standard InChI is InChI=1S/C26H24N2S2/c1-27-15-21(27)17-7-3-5-9-19(17)23-11-13-25(29-23)26-14-12-24(30-26)20-10-6-4-8-18(20)22-16-28(22)2/h3-14,21-22H,15-16H2,1-2H3. The number of likely N-dealkylation sites (N-methyl/N-ethyl adjacent to an activating group) is 2. The molecule has 2 aliphatic heterocycles. The zero-order valence-corrected chi connectivity index (χ0v) is 18.8. The molecule has 4 aromatic rings. The van der Waals surface area contributed by atoms with Gasteiger partial charge in [-0.3, -0.25) is 9.80 Å². The first kappa shape index (κ1) is 18.5. The van der Waals surface area contributed by atoms with Crippen LogP contribution >= 0.6 is 22.7 Å². The molecular weight excluding hydrogens is 404 g/mol. The Morgan fingerprint density at radius 1 is 0.567 bits per heavy atom. The summed E-state index contributed by atoms with van der Waals surface area (Å²) in [6.07, 6.45) is 0. The van der Waals surface area contributed by atoms with Crippen molar-refractivity contribution in [3.05, 3.63) is 83.9 Å². The fourth-order valence-electron chi connectivity index (χ4n) is 4.38. The second-order valence-corrected chi connectivity index (χ2v) is 10.6. The lowest BCUT2D eigenvalue weighted by Gasteiger charge is -2.07. The van der Waals surface area contributed by atoms with Gasteiger partial charge in [0.15, 0.2) is 0 Å². The number of rotatable bonds is 5. The number of thiophene rings is 2. The number of hydrogen-bond acceptors (Lipinski definition) is 4. The van der Waals surface area contributed by atoms with Crippen molar-refractivity contribution < 1.29 is 0 Å². The van der Waals surface area contributed by atoms with Crippen LogP contribution in [0.1, 0.15) is 23.2 Å². The molecule has 0 saturated carbocycles. The summed E-state index contributed by atoms with van der Waals surface area (Å²) in [5.41, 5.74) is 5.70. The maximum atomic E-state index is 2.40. The summed E-state index contributed by atoms with van der Waals surface area (Å²) in [6, 6.07) is 28.1. The van der Waals surface area contributed by atoms with Gasteiger partial charge in [-0.25, -0.2) is 0 Å². The summed E-state index contributed by atoms with van der Waals surface area (Å²) < 4.78 is 0. The molecule has 0 bridgehead atoms. The first-order valence-corrected chi connectivity index (χ1v) is 12.1. The van der Waals surface area contributed by atoms with E-state index < -0.39 is 0 Å². The fourth-order valence-corrected chi connectivity index (χ4v) is 6.57. The van der Waals surface area contributed by atoms with E-state index in [1.165, 1.54) is 54.9 Å². The SMILES string of the molecule is CN1CC1c1ccccc1-c1ccc(-c2ccc(-c3ccccc3C3CN3C)s2)s1. The van der Waals surface area contributed by atoms with Crippen LogP contribution in [0.5, 0.6) is 0 Å². The third kappa shape index (κ3) is 3.25. The van der Waals surface area contributed by atoms with Crippen LogP contribution in [-0.4, -0.2) is 37.0 Å². The molecule has 0 N–H and O–H groups in total. The summed E-state index contributed by atoms with van der Waals surface area (Å²) in [6.45, 7) is 2.33. The molecule has 2 aromatic carbocycles. The Bertz CT molecular complexity index is 1130. The van der Waals surface area contributed by atoms with E-state index in [2.05, 4.69) is 96.7 Å². The van der Waals surface area contributed by atoms with Crippen LogP contribution in [0.2, 0.25) is 0 Å². The highest BCUT2D eigenvalue weighted by Crippen LogP contribution is 2.46. The predicted octanol–water partition coefficient (Wildman–Crippen LogP) is 6.78.